The molecule has 1 aromatic heterocycles. The van der Waals surface area contributed by atoms with Crippen molar-refractivity contribution < 1.29 is 0 Å². The van der Waals surface area contributed by atoms with Crippen molar-refractivity contribution in [1.29, 1.82) is 0 Å². The first-order chi connectivity index (χ1) is 9.47. The quantitative estimate of drug-likeness (QED) is 0.892. The number of aromatic nitrogens is 2. The fraction of sp³-hybridized carbons (Fsp3) is 0.800. The van der Waals surface area contributed by atoms with E-state index in [1.54, 1.807) is 0 Å². The Morgan fingerprint density at radius 3 is 2.75 bits per heavy atom. The molecular formula is C15H29N5. The summed E-state index contributed by atoms with van der Waals surface area (Å²) < 4.78 is 2.00. The van der Waals surface area contributed by atoms with Gasteiger partial charge in [-0.25, -0.2) is 0 Å². The van der Waals surface area contributed by atoms with Crippen molar-refractivity contribution in [2.45, 2.75) is 44.8 Å². The van der Waals surface area contributed by atoms with Crippen molar-refractivity contribution in [3.63, 3.8) is 0 Å². The van der Waals surface area contributed by atoms with Crippen LogP contribution in [0, 0.1) is 0 Å². The molecule has 0 bridgehead atoms. The van der Waals surface area contributed by atoms with Gasteiger partial charge in [0.25, 0.3) is 0 Å². The van der Waals surface area contributed by atoms with Crippen LogP contribution in [0.15, 0.2) is 12.3 Å². The smallest absolute Gasteiger partial charge is 0.0640 e. The molecule has 0 saturated carbocycles. The maximum Gasteiger partial charge on any atom is 0.0640 e. The molecule has 5 nitrogen and oxygen atoms in total. The third kappa shape index (κ3) is 3.81. The molecule has 0 amide bonds. The average Bonchev–Trinajstić information content (AvgIpc) is 2.77. The van der Waals surface area contributed by atoms with E-state index in [1.165, 1.54) is 6.42 Å². The highest BCUT2D eigenvalue weighted by Crippen LogP contribution is 2.13. The molecule has 2 atom stereocenters. The van der Waals surface area contributed by atoms with E-state index in [0.717, 1.165) is 31.7 Å². The molecule has 0 spiro atoms. The lowest BCUT2D eigenvalue weighted by Crippen LogP contribution is -2.51. The van der Waals surface area contributed by atoms with Gasteiger partial charge in [0.2, 0.25) is 0 Å². The number of hydrogen-bond acceptors (Lipinski definition) is 4. The zero-order valence-electron chi connectivity index (χ0n) is 13.3. The van der Waals surface area contributed by atoms with Gasteiger partial charge in [0.15, 0.2) is 0 Å². The Bertz CT molecular complexity index is 414. The van der Waals surface area contributed by atoms with Crippen LogP contribution in [-0.2, 0) is 6.42 Å². The Morgan fingerprint density at radius 1 is 1.35 bits per heavy atom. The van der Waals surface area contributed by atoms with Crippen molar-refractivity contribution in [3.05, 3.63) is 18.0 Å². The minimum Gasteiger partial charge on any atom is -0.326 e. The minimum atomic E-state index is 0.135. The minimum absolute atomic E-state index is 0.135. The Hall–Kier alpha value is -0.910. The van der Waals surface area contributed by atoms with Gasteiger partial charge in [-0.2, -0.15) is 5.10 Å². The average molecular weight is 279 g/mol. The molecular weight excluding hydrogens is 250 g/mol. The molecule has 0 aliphatic carbocycles. The van der Waals surface area contributed by atoms with E-state index in [2.05, 4.69) is 55.1 Å². The van der Waals surface area contributed by atoms with E-state index < -0.39 is 0 Å². The molecule has 1 fully saturated rings. The highest BCUT2D eigenvalue weighted by Gasteiger charge is 2.26. The topological polar surface area (TPSA) is 50.3 Å². The van der Waals surface area contributed by atoms with Crippen LogP contribution in [0.25, 0.3) is 0 Å². The van der Waals surface area contributed by atoms with Gasteiger partial charge < -0.3 is 15.5 Å². The van der Waals surface area contributed by atoms with E-state index in [0.29, 0.717) is 12.1 Å². The van der Waals surface area contributed by atoms with E-state index >= 15 is 0 Å². The van der Waals surface area contributed by atoms with Crippen molar-refractivity contribution in [2.75, 3.05) is 33.7 Å². The standard InChI is InChI=1S/C15H29N5/c1-12(2)20-9-6-13(17-20)10-14(16)15-11-18(3)7-5-8-19(15)4/h6,9,12,14-15H,5,7-8,10-11,16H2,1-4H3. The second-order valence-electron chi connectivity index (χ2n) is 6.41. The summed E-state index contributed by atoms with van der Waals surface area (Å²) >= 11 is 0. The van der Waals surface area contributed by atoms with Crippen molar-refractivity contribution in [2.24, 2.45) is 5.73 Å². The van der Waals surface area contributed by atoms with Gasteiger partial charge in [0.05, 0.1) is 5.69 Å². The van der Waals surface area contributed by atoms with Crippen LogP contribution in [0.5, 0.6) is 0 Å². The first-order valence-corrected chi connectivity index (χ1v) is 7.65. The van der Waals surface area contributed by atoms with Gasteiger partial charge in [0, 0.05) is 37.3 Å². The summed E-state index contributed by atoms with van der Waals surface area (Å²) in [5.74, 6) is 0. The Labute approximate surface area is 122 Å². The highest BCUT2D eigenvalue weighted by atomic mass is 15.3. The maximum absolute atomic E-state index is 6.47. The molecule has 20 heavy (non-hydrogen) atoms. The van der Waals surface area contributed by atoms with E-state index in [1.807, 2.05) is 4.68 Å². The van der Waals surface area contributed by atoms with Gasteiger partial charge in [-0.05, 0) is 53.5 Å². The second kappa shape index (κ2) is 6.70. The first kappa shape index (κ1) is 15.5. The molecule has 2 unspecified atom stereocenters. The molecule has 2 N–H and O–H groups in total. The van der Waals surface area contributed by atoms with Gasteiger partial charge in [-0.15, -0.1) is 0 Å². The fourth-order valence-corrected chi connectivity index (χ4v) is 2.92. The summed E-state index contributed by atoms with van der Waals surface area (Å²) in [4.78, 5) is 4.80. The molecule has 1 aliphatic rings. The van der Waals surface area contributed by atoms with Crippen molar-refractivity contribution in [3.8, 4) is 0 Å². The molecule has 1 saturated heterocycles. The van der Waals surface area contributed by atoms with Gasteiger partial charge >= 0.3 is 0 Å². The second-order valence-corrected chi connectivity index (χ2v) is 6.41. The largest absolute Gasteiger partial charge is 0.326 e. The summed E-state index contributed by atoms with van der Waals surface area (Å²) in [6, 6.07) is 3.05. The molecule has 2 heterocycles. The summed E-state index contributed by atoms with van der Waals surface area (Å²) in [6.07, 6.45) is 4.12. The van der Waals surface area contributed by atoms with Gasteiger partial charge in [0.1, 0.15) is 0 Å². The lowest BCUT2D eigenvalue weighted by atomic mass is 10.0. The van der Waals surface area contributed by atoms with Crippen molar-refractivity contribution >= 4 is 0 Å². The SMILES string of the molecule is CC(C)n1ccc(CC(N)C2CN(C)CCCN2C)n1. The third-order valence-electron chi connectivity index (χ3n) is 4.25. The Morgan fingerprint density at radius 2 is 2.10 bits per heavy atom. The lowest BCUT2D eigenvalue weighted by molar-refractivity contribution is 0.194. The molecule has 0 aromatic carbocycles. The molecule has 5 heteroatoms. The molecule has 114 valence electrons. The van der Waals surface area contributed by atoms with Crippen LogP contribution >= 0.6 is 0 Å². The van der Waals surface area contributed by atoms with Gasteiger partial charge in [-0.3, -0.25) is 4.68 Å². The normalized spacial score (nSPS) is 24.0. The Balaban J connectivity index is 1.99. The number of nitrogens with zero attached hydrogens (tertiary/aromatic N) is 4. The number of likely N-dealkylation sites (N-methyl/N-ethyl adjacent to an activating group) is 2. The third-order valence-corrected chi connectivity index (χ3v) is 4.25. The van der Waals surface area contributed by atoms with E-state index in [4.69, 9.17) is 5.73 Å². The first-order valence-electron chi connectivity index (χ1n) is 7.65. The van der Waals surface area contributed by atoms with Crippen LogP contribution in [0.1, 0.15) is 32.0 Å². The van der Waals surface area contributed by atoms with E-state index in [9.17, 15) is 0 Å². The van der Waals surface area contributed by atoms with Crippen LogP contribution in [0.3, 0.4) is 0 Å². The molecule has 0 radical (unpaired) electrons. The molecule has 1 aliphatic heterocycles. The van der Waals surface area contributed by atoms with E-state index in [-0.39, 0.29) is 6.04 Å². The summed E-state index contributed by atoms with van der Waals surface area (Å²) in [6.45, 7) is 7.62. The van der Waals surface area contributed by atoms with Crippen LogP contribution in [-0.4, -0.2) is 65.4 Å². The summed E-state index contributed by atoms with van der Waals surface area (Å²) in [5, 5.41) is 4.62. The molecule has 2 rings (SSSR count). The zero-order valence-corrected chi connectivity index (χ0v) is 13.3. The predicted octanol–water partition coefficient (Wildman–Crippen LogP) is 0.970. The Kier molecular flexibility index (Phi) is 5.18. The van der Waals surface area contributed by atoms with Crippen LogP contribution < -0.4 is 5.73 Å². The lowest BCUT2D eigenvalue weighted by Gasteiger charge is -2.32. The summed E-state index contributed by atoms with van der Waals surface area (Å²) in [5.41, 5.74) is 7.57. The van der Waals surface area contributed by atoms with Gasteiger partial charge in [-0.1, -0.05) is 0 Å². The van der Waals surface area contributed by atoms with Crippen molar-refractivity contribution in [1.82, 2.24) is 19.6 Å². The zero-order chi connectivity index (χ0) is 14.7. The maximum atomic E-state index is 6.47. The highest BCUT2D eigenvalue weighted by molar-refractivity contribution is 5.04. The van der Waals surface area contributed by atoms with Crippen LogP contribution in [0.4, 0.5) is 0 Å². The monoisotopic (exact) mass is 279 g/mol. The number of rotatable bonds is 4. The summed E-state index contributed by atoms with van der Waals surface area (Å²) in [7, 11) is 4.38. The number of hydrogen-bond donors (Lipinski definition) is 1. The number of nitrogens with two attached hydrogens (primary N) is 1. The van der Waals surface area contributed by atoms with Crippen LogP contribution in [0.2, 0.25) is 0 Å². The fourth-order valence-electron chi connectivity index (χ4n) is 2.92. The predicted molar refractivity (Wildman–Crippen MR) is 82.8 cm³/mol. The molecule has 1 aromatic rings.